The molecule has 0 N–H and O–H groups in total. The van der Waals surface area contributed by atoms with Gasteiger partial charge in [0.05, 0.1) is 16.7 Å². The average molecular weight is 672 g/mol. The molecule has 3 heterocycles. The van der Waals surface area contributed by atoms with Crippen molar-refractivity contribution in [3.05, 3.63) is 176 Å². The van der Waals surface area contributed by atoms with Gasteiger partial charge >= 0.3 is 0 Å². The number of rotatable bonds is 6. The molecule has 0 aliphatic rings. The molecular weight excluding hydrogens is 643 g/mol. The molecule has 0 saturated heterocycles. The molecule has 10 rings (SSSR count). The first-order valence-electron chi connectivity index (χ1n) is 17.0. The van der Waals surface area contributed by atoms with Gasteiger partial charge in [0, 0.05) is 53.4 Å². The molecular formula is C45H29N5S. The minimum absolute atomic E-state index is 0.555. The van der Waals surface area contributed by atoms with E-state index in [1.165, 1.54) is 25.6 Å². The minimum Gasteiger partial charge on any atom is -0.309 e. The lowest BCUT2D eigenvalue weighted by atomic mass is 10.1. The molecule has 0 aliphatic heterocycles. The van der Waals surface area contributed by atoms with Crippen molar-refractivity contribution < 1.29 is 0 Å². The molecule has 0 amide bonds. The Morgan fingerprint density at radius 1 is 0.451 bits per heavy atom. The van der Waals surface area contributed by atoms with Crippen molar-refractivity contribution >= 4 is 70.6 Å². The fraction of sp³-hybridized carbons (Fsp3) is 0. The standard InChI is InChI=1S/C45H29N5S/c1-4-15-30(16-5-1)43-46-44(31-27-28-38-36(29-31)34-21-10-12-23-37(34)49(38)32-17-6-2-7-18-32)48-45(47-43)50(33-19-8-3-9-20-33)39-24-14-26-41-42(39)35-22-11-13-25-40(35)51-41/h1-29H. The fourth-order valence-corrected chi connectivity index (χ4v) is 8.29. The number of hydrogen-bond acceptors (Lipinski definition) is 5. The Morgan fingerprint density at radius 3 is 1.88 bits per heavy atom. The molecule has 51 heavy (non-hydrogen) atoms. The van der Waals surface area contributed by atoms with Crippen molar-refractivity contribution in [2.45, 2.75) is 0 Å². The summed E-state index contributed by atoms with van der Waals surface area (Å²) in [5.41, 5.74) is 7.25. The van der Waals surface area contributed by atoms with E-state index in [0.717, 1.165) is 44.6 Å². The molecule has 0 fully saturated rings. The number of para-hydroxylation sites is 3. The monoisotopic (exact) mass is 671 g/mol. The van der Waals surface area contributed by atoms with E-state index in [0.29, 0.717) is 17.6 Å². The van der Waals surface area contributed by atoms with Crippen molar-refractivity contribution in [3.8, 4) is 28.5 Å². The van der Waals surface area contributed by atoms with E-state index in [1.807, 2.05) is 24.3 Å². The van der Waals surface area contributed by atoms with E-state index in [2.05, 4.69) is 161 Å². The molecule has 7 aromatic carbocycles. The van der Waals surface area contributed by atoms with Gasteiger partial charge in [0.2, 0.25) is 5.95 Å². The highest BCUT2D eigenvalue weighted by atomic mass is 32.1. The summed E-state index contributed by atoms with van der Waals surface area (Å²) in [6.07, 6.45) is 0. The Labute approximate surface area is 298 Å². The summed E-state index contributed by atoms with van der Waals surface area (Å²) in [7, 11) is 0. The predicted molar refractivity (Wildman–Crippen MR) is 213 cm³/mol. The maximum Gasteiger partial charge on any atom is 0.238 e. The number of benzene rings is 7. The summed E-state index contributed by atoms with van der Waals surface area (Å²) in [6.45, 7) is 0. The number of thiophene rings is 1. The number of nitrogens with zero attached hydrogens (tertiary/aromatic N) is 5. The maximum absolute atomic E-state index is 5.31. The van der Waals surface area contributed by atoms with Crippen LogP contribution in [0.25, 0.3) is 70.4 Å². The van der Waals surface area contributed by atoms with Crippen LogP contribution in [0.15, 0.2) is 176 Å². The zero-order chi connectivity index (χ0) is 33.7. The Balaban J connectivity index is 1.23. The van der Waals surface area contributed by atoms with E-state index in [-0.39, 0.29) is 0 Å². The molecule has 10 aromatic rings. The second kappa shape index (κ2) is 12.1. The molecule has 5 nitrogen and oxygen atoms in total. The third kappa shape index (κ3) is 4.96. The van der Waals surface area contributed by atoms with Gasteiger partial charge in [0.1, 0.15) is 0 Å². The first-order valence-corrected chi connectivity index (χ1v) is 17.8. The minimum atomic E-state index is 0.555. The summed E-state index contributed by atoms with van der Waals surface area (Å²) < 4.78 is 4.79. The van der Waals surface area contributed by atoms with Crippen LogP contribution in [0.1, 0.15) is 0 Å². The van der Waals surface area contributed by atoms with Crippen LogP contribution < -0.4 is 4.90 Å². The van der Waals surface area contributed by atoms with Crippen LogP contribution in [-0.2, 0) is 0 Å². The van der Waals surface area contributed by atoms with Crippen molar-refractivity contribution in [1.29, 1.82) is 0 Å². The highest BCUT2D eigenvalue weighted by Crippen LogP contribution is 2.44. The van der Waals surface area contributed by atoms with Crippen LogP contribution in [-0.4, -0.2) is 19.5 Å². The summed E-state index contributed by atoms with van der Waals surface area (Å²) in [4.78, 5) is 17.8. The first-order chi connectivity index (χ1) is 25.3. The first kappa shape index (κ1) is 29.3. The number of aromatic nitrogens is 4. The normalized spacial score (nSPS) is 11.5. The van der Waals surface area contributed by atoms with Gasteiger partial charge in [-0.05, 0) is 66.7 Å². The molecule has 0 bridgehead atoms. The zero-order valence-electron chi connectivity index (χ0n) is 27.4. The molecule has 240 valence electrons. The lowest BCUT2D eigenvalue weighted by Gasteiger charge is -2.25. The molecule has 0 aliphatic carbocycles. The molecule has 3 aromatic heterocycles. The van der Waals surface area contributed by atoms with Gasteiger partial charge in [-0.2, -0.15) is 9.97 Å². The number of anilines is 3. The van der Waals surface area contributed by atoms with Gasteiger partial charge in [0.25, 0.3) is 0 Å². The Hall–Kier alpha value is -6.63. The zero-order valence-corrected chi connectivity index (χ0v) is 28.2. The lowest BCUT2D eigenvalue weighted by molar-refractivity contribution is 1.03. The van der Waals surface area contributed by atoms with E-state index >= 15 is 0 Å². The van der Waals surface area contributed by atoms with Crippen molar-refractivity contribution in [1.82, 2.24) is 19.5 Å². The number of hydrogen-bond donors (Lipinski definition) is 0. The van der Waals surface area contributed by atoms with E-state index in [9.17, 15) is 0 Å². The van der Waals surface area contributed by atoms with Crippen LogP contribution in [0.5, 0.6) is 0 Å². The largest absolute Gasteiger partial charge is 0.309 e. The lowest BCUT2D eigenvalue weighted by Crippen LogP contribution is -2.15. The highest BCUT2D eigenvalue weighted by Gasteiger charge is 2.23. The molecule has 0 spiro atoms. The quantitative estimate of drug-likeness (QED) is 0.176. The Morgan fingerprint density at radius 2 is 1.08 bits per heavy atom. The summed E-state index contributed by atoms with van der Waals surface area (Å²) in [6, 6.07) is 61.3. The topological polar surface area (TPSA) is 46.8 Å². The SMILES string of the molecule is c1ccc(-c2nc(-c3ccc4c(c3)c3ccccc3n4-c3ccccc3)nc(N(c3ccccc3)c3cccc4sc5ccccc5c34)n2)cc1. The van der Waals surface area contributed by atoms with Crippen molar-refractivity contribution in [2.24, 2.45) is 0 Å². The van der Waals surface area contributed by atoms with Crippen LogP contribution >= 0.6 is 11.3 Å². The predicted octanol–water partition coefficient (Wildman–Crippen LogP) is 12.1. The Bertz CT molecular complexity index is 2860. The Kier molecular flexibility index (Phi) is 6.93. The highest BCUT2D eigenvalue weighted by molar-refractivity contribution is 7.26. The van der Waals surface area contributed by atoms with Crippen LogP contribution in [0.4, 0.5) is 17.3 Å². The van der Waals surface area contributed by atoms with Gasteiger partial charge < -0.3 is 4.57 Å². The molecule has 0 atom stereocenters. The number of fused-ring (bicyclic) bond motifs is 6. The van der Waals surface area contributed by atoms with Crippen LogP contribution in [0.2, 0.25) is 0 Å². The van der Waals surface area contributed by atoms with Crippen molar-refractivity contribution in [3.63, 3.8) is 0 Å². The molecule has 0 saturated carbocycles. The van der Waals surface area contributed by atoms with Crippen LogP contribution in [0, 0.1) is 0 Å². The van der Waals surface area contributed by atoms with E-state index in [1.54, 1.807) is 11.3 Å². The molecule has 6 heteroatoms. The summed E-state index contributed by atoms with van der Waals surface area (Å²) in [5, 5.41) is 4.72. The second-order valence-electron chi connectivity index (χ2n) is 12.5. The van der Waals surface area contributed by atoms with Gasteiger partial charge in [-0.15, -0.1) is 11.3 Å². The fourth-order valence-electron chi connectivity index (χ4n) is 7.16. The second-order valence-corrected chi connectivity index (χ2v) is 13.6. The molecule has 0 unspecified atom stereocenters. The third-order valence-electron chi connectivity index (χ3n) is 9.44. The van der Waals surface area contributed by atoms with E-state index < -0.39 is 0 Å². The van der Waals surface area contributed by atoms with Gasteiger partial charge in [-0.1, -0.05) is 109 Å². The summed E-state index contributed by atoms with van der Waals surface area (Å²) >= 11 is 1.80. The smallest absolute Gasteiger partial charge is 0.238 e. The van der Waals surface area contributed by atoms with Gasteiger partial charge in [-0.25, -0.2) is 4.98 Å². The van der Waals surface area contributed by atoms with Gasteiger partial charge in [-0.3, -0.25) is 4.90 Å². The third-order valence-corrected chi connectivity index (χ3v) is 10.6. The van der Waals surface area contributed by atoms with E-state index in [4.69, 9.17) is 15.0 Å². The van der Waals surface area contributed by atoms with Crippen molar-refractivity contribution in [2.75, 3.05) is 4.90 Å². The van der Waals surface area contributed by atoms with Crippen LogP contribution in [0.3, 0.4) is 0 Å². The summed E-state index contributed by atoms with van der Waals surface area (Å²) in [5.74, 6) is 1.78. The average Bonchev–Trinajstić information content (AvgIpc) is 3.75. The molecule has 0 radical (unpaired) electrons. The maximum atomic E-state index is 5.31. The van der Waals surface area contributed by atoms with Gasteiger partial charge in [0.15, 0.2) is 11.6 Å².